The van der Waals surface area contributed by atoms with Gasteiger partial charge in [-0.05, 0) is 32.9 Å². The Kier molecular flexibility index (Phi) is 7.14. The average molecular weight is 304 g/mol. The monoisotopic (exact) mass is 304 g/mol. The number of aryl methyl sites for hydroxylation is 1. The van der Waals surface area contributed by atoms with Crippen LogP contribution < -0.4 is 10.0 Å². The average Bonchev–Trinajstić information content (AvgIpc) is 2.82. The second-order valence-corrected chi connectivity index (χ2v) is 6.55. The highest BCUT2D eigenvalue weighted by atomic mass is 32.2. The van der Waals surface area contributed by atoms with Crippen LogP contribution in [0.2, 0.25) is 0 Å². The van der Waals surface area contributed by atoms with Crippen molar-refractivity contribution in [2.45, 2.75) is 33.2 Å². The zero-order chi connectivity index (χ0) is 15.0. The van der Waals surface area contributed by atoms with Gasteiger partial charge in [0.1, 0.15) is 0 Å². The summed E-state index contributed by atoms with van der Waals surface area (Å²) in [6, 6.07) is 1.71. The maximum Gasteiger partial charge on any atom is 0.279 e. The Morgan fingerprint density at radius 2 is 2.15 bits per heavy atom. The molecular formula is C12H24N4O3S. The summed E-state index contributed by atoms with van der Waals surface area (Å²) in [7, 11) is -1.91. The van der Waals surface area contributed by atoms with E-state index in [-0.39, 0.29) is 6.54 Å². The van der Waals surface area contributed by atoms with Crippen LogP contribution in [0.5, 0.6) is 0 Å². The first-order chi connectivity index (χ1) is 9.45. The molecule has 0 fully saturated rings. The van der Waals surface area contributed by atoms with Gasteiger partial charge in [-0.2, -0.15) is 17.4 Å². The summed E-state index contributed by atoms with van der Waals surface area (Å²) in [4.78, 5) is 0. The maximum absolute atomic E-state index is 12.0. The lowest BCUT2D eigenvalue weighted by Crippen LogP contribution is -2.39. The Balaban J connectivity index is 2.31. The molecule has 0 aliphatic carbocycles. The second-order valence-electron chi connectivity index (χ2n) is 4.69. The third-order valence-corrected chi connectivity index (χ3v) is 4.28. The van der Waals surface area contributed by atoms with Crippen LogP contribution in [0.1, 0.15) is 31.2 Å². The van der Waals surface area contributed by atoms with Crippen molar-refractivity contribution in [3.05, 3.63) is 17.5 Å². The van der Waals surface area contributed by atoms with Crippen LogP contribution in [0, 0.1) is 6.92 Å². The van der Waals surface area contributed by atoms with Gasteiger partial charge in [0, 0.05) is 19.7 Å². The van der Waals surface area contributed by atoms with E-state index in [4.69, 9.17) is 4.52 Å². The van der Waals surface area contributed by atoms with E-state index < -0.39 is 10.2 Å². The van der Waals surface area contributed by atoms with Crippen LogP contribution in [-0.4, -0.2) is 44.6 Å². The van der Waals surface area contributed by atoms with Crippen molar-refractivity contribution in [1.29, 1.82) is 0 Å². The van der Waals surface area contributed by atoms with Gasteiger partial charge in [-0.3, -0.25) is 0 Å². The molecule has 0 aliphatic rings. The molecule has 0 saturated carbocycles. The molecule has 7 nitrogen and oxygen atoms in total. The first-order valence-electron chi connectivity index (χ1n) is 6.79. The summed E-state index contributed by atoms with van der Waals surface area (Å²) in [6.45, 7) is 6.24. The standard InChI is InChI=1S/C12H24N4O3S/c1-4-6-13-7-5-8-16(3)20(17,18)14-10-12-9-11(2)15-19-12/h9,13-14H,4-8,10H2,1-3H3. The van der Waals surface area contributed by atoms with Gasteiger partial charge in [-0.1, -0.05) is 12.1 Å². The van der Waals surface area contributed by atoms with Crippen molar-refractivity contribution >= 4 is 10.2 Å². The van der Waals surface area contributed by atoms with E-state index in [1.165, 1.54) is 4.31 Å². The maximum atomic E-state index is 12.0. The molecule has 2 N–H and O–H groups in total. The number of aromatic nitrogens is 1. The molecule has 0 atom stereocenters. The van der Waals surface area contributed by atoms with Gasteiger partial charge in [0.05, 0.1) is 12.2 Å². The van der Waals surface area contributed by atoms with E-state index in [0.717, 1.165) is 31.6 Å². The number of nitrogens with one attached hydrogen (secondary N) is 2. The smallest absolute Gasteiger partial charge is 0.279 e. The fraction of sp³-hybridized carbons (Fsp3) is 0.750. The minimum Gasteiger partial charge on any atom is -0.360 e. The lowest BCUT2D eigenvalue weighted by atomic mass is 10.4. The molecular weight excluding hydrogens is 280 g/mol. The van der Waals surface area contributed by atoms with Crippen LogP contribution in [0.25, 0.3) is 0 Å². The van der Waals surface area contributed by atoms with Gasteiger partial charge < -0.3 is 9.84 Å². The normalized spacial score (nSPS) is 12.2. The number of nitrogens with zero attached hydrogens (tertiary/aromatic N) is 2. The summed E-state index contributed by atoms with van der Waals surface area (Å²) in [6.07, 6.45) is 1.85. The van der Waals surface area contributed by atoms with Gasteiger partial charge in [0.2, 0.25) is 0 Å². The van der Waals surface area contributed by atoms with Crippen LogP contribution in [0.15, 0.2) is 10.6 Å². The molecule has 1 heterocycles. The van der Waals surface area contributed by atoms with Crippen LogP contribution in [-0.2, 0) is 16.8 Å². The molecule has 0 aliphatic heterocycles. The highest BCUT2D eigenvalue weighted by Crippen LogP contribution is 2.03. The predicted molar refractivity (Wildman–Crippen MR) is 77.4 cm³/mol. The van der Waals surface area contributed by atoms with Crippen molar-refractivity contribution in [2.24, 2.45) is 0 Å². The minimum absolute atomic E-state index is 0.113. The Labute approximate surface area is 120 Å². The van der Waals surface area contributed by atoms with Crippen molar-refractivity contribution in [3.8, 4) is 0 Å². The van der Waals surface area contributed by atoms with Crippen molar-refractivity contribution in [3.63, 3.8) is 0 Å². The van der Waals surface area contributed by atoms with Gasteiger partial charge in [0.25, 0.3) is 10.2 Å². The predicted octanol–water partition coefficient (Wildman–Crippen LogP) is 0.639. The fourth-order valence-corrected chi connectivity index (χ4v) is 2.54. The largest absolute Gasteiger partial charge is 0.360 e. The first-order valence-corrected chi connectivity index (χ1v) is 8.23. The van der Waals surface area contributed by atoms with E-state index in [1.54, 1.807) is 20.0 Å². The van der Waals surface area contributed by atoms with E-state index in [2.05, 4.69) is 22.1 Å². The zero-order valence-electron chi connectivity index (χ0n) is 12.3. The topological polar surface area (TPSA) is 87.5 Å². The first kappa shape index (κ1) is 17.1. The van der Waals surface area contributed by atoms with Gasteiger partial charge in [-0.15, -0.1) is 0 Å². The third-order valence-electron chi connectivity index (χ3n) is 2.77. The number of rotatable bonds is 10. The van der Waals surface area contributed by atoms with Crippen molar-refractivity contribution < 1.29 is 12.9 Å². The van der Waals surface area contributed by atoms with E-state index in [1.807, 2.05) is 0 Å². The van der Waals surface area contributed by atoms with Crippen molar-refractivity contribution in [1.82, 2.24) is 19.5 Å². The second kappa shape index (κ2) is 8.35. The number of hydrogen-bond donors (Lipinski definition) is 2. The molecule has 0 saturated heterocycles. The molecule has 0 bridgehead atoms. The molecule has 0 amide bonds. The Bertz CT molecular complexity index is 487. The summed E-state index contributed by atoms with van der Waals surface area (Å²) in [5.74, 6) is 0.504. The summed E-state index contributed by atoms with van der Waals surface area (Å²) in [5, 5.41) is 6.95. The number of hydrogen-bond acceptors (Lipinski definition) is 5. The van der Waals surface area contributed by atoms with Crippen LogP contribution in [0.4, 0.5) is 0 Å². The molecule has 0 radical (unpaired) electrons. The summed E-state index contributed by atoms with van der Waals surface area (Å²) >= 11 is 0. The van der Waals surface area contributed by atoms with Gasteiger partial charge in [0.15, 0.2) is 5.76 Å². The van der Waals surface area contributed by atoms with E-state index >= 15 is 0 Å². The molecule has 116 valence electrons. The SMILES string of the molecule is CCCNCCCN(C)S(=O)(=O)NCc1cc(C)no1. The van der Waals surface area contributed by atoms with Gasteiger partial charge in [-0.25, -0.2) is 0 Å². The summed E-state index contributed by atoms with van der Waals surface area (Å²) in [5.41, 5.74) is 0.731. The molecule has 0 aromatic carbocycles. The Morgan fingerprint density at radius 1 is 1.40 bits per heavy atom. The van der Waals surface area contributed by atoms with E-state index in [0.29, 0.717) is 12.3 Å². The quantitative estimate of drug-likeness (QED) is 0.619. The zero-order valence-corrected chi connectivity index (χ0v) is 13.2. The lowest BCUT2D eigenvalue weighted by Gasteiger charge is -2.17. The fourth-order valence-electron chi connectivity index (χ4n) is 1.62. The van der Waals surface area contributed by atoms with Crippen LogP contribution in [0.3, 0.4) is 0 Å². The molecule has 0 unspecified atom stereocenters. The highest BCUT2D eigenvalue weighted by Gasteiger charge is 2.17. The minimum atomic E-state index is -3.47. The lowest BCUT2D eigenvalue weighted by molar-refractivity contribution is 0.373. The highest BCUT2D eigenvalue weighted by molar-refractivity contribution is 7.87. The molecule has 20 heavy (non-hydrogen) atoms. The van der Waals surface area contributed by atoms with Gasteiger partial charge >= 0.3 is 0 Å². The Morgan fingerprint density at radius 3 is 2.75 bits per heavy atom. The third kappa shape index (κ3) is 6.00. The molecule has 1 aromatic rings. The molecule has 8 heteroatoms. The van der Waals surface area contributed by atoms with Crippen molar-refractivity contribution in [2.75, 3.05) is 26.7 Å². The summed E-state index contributed by atoms with van der Waals surface area (Å²) < 4.78 is 32.7. The van der Waals surface area contributed by atoms with E-state index in [9.17, 15) is 8.42 Å². The molecule has 1 aromatic heterocycles. The Hall–Kier alpha value is -0.960. The van der Waals surface area contributed by atoms with Crippen LogP contribution >= 0.6 is 0 Å². The molecule has 1 rings (SSSR count). The molecule has 0 spiro atoms.